The Bertz CT molecular complexity index is 515. The van der Waals surface area contributed by atoms with E-state index in [9.17, 15) is 4.39 Å². The van der Waals surface area contributed by atoms with Crippen molar-refractivity contribution in [2.45, 2.75) is 26.3 Å². The molecule has 3 nitrogen and oxygen atoms in total. The van der Waals surface area contributed by atoms with E-state index < -0.39 is 0 Å². The zero-order valence-corrected chi connectivity index (χ0v) is 11.5. The Morgan fingerprint density at radius 1 is 1.33 bits per heavy atom. The number of aryl methyl sites for hydroxylation is 1. The molecule has 1 aromatic heterocycles. The van der Waals surface area contributed by atoms with Gasteiger partial charge in [-0.05, 0) is 44.2 Å². The monoisotopic (exact) mass is 265 g/mol. The molecule has 1 atom stereocenters. The second-order valence-electron chi connectivity index (χ2n) is 4.21. The van der Waals surface area contributed by atoms with E-state index in [0.717, 1.165) is 27.6 Å². The normalized spacial score (nSPS) is 12.7. The average molecular weight is 265 g/mol. The molecule has 2 rings (SSSR count). The number of halogens is 1. The number of aromatic nitrogens is 2. The highest BCUT2D eigenvalue weighted by Gasteiger charge is 2.14. The van der Waals surface area contributed by atoms with E-state index in [1.807, 2.05) is 20.0 Å². The Labute approximate surface area is 110 Å². The average Bonchev–Trinajstić information content (AvgIpc) is 2.79. The molecule has 0 fully saturated rings. The largest absolute Gasteiger partial charge is 0.311 e. The van der Waals surface area contributed by atoms with Gasteiger partial charge in [0.2, 0.25) is 0 Å². The van der Waals surface area contributed by atoms with Crippen molar-refractivity contribution < 1.29 is 4.39 Å². The molecule has 1 aromatic carbocycles. The van der Waals surface area contributed by atoms with Crippen LogP contribution in [0.2, 0.25) is 0 Å². The molecule has 0 amide bonds. The number of hydrogen-bond acceptors (Lipinski definition) is 4. The lowest BCUT2D eigenvalue weighted by atomic mass is 10.1. The van der Waals surface area contributed by atoms with E-state index in [1.165, 1.54) is 23.5 Å². The van der Waals surface area contributed by atoms with Gasteiger partial charge in [0, 0.05) is 5.56 Å². The standard InChI is InChI=1S/C13H16FN3S/c1-4-11(15-3)13-17-16-12(18-13)9-5-8(2)6-10(14)7-9/h5-7,11,15H,4H2,1-3H3. The van der Waals surface area contributed by atoms with Gasteiger partial charge in [-0.1, -0.05) is 18.3 Å². The molecule has 0 aliphatic carbocycles. The highest BCUT2D eigenvalue weighted by molar-refractivity contribution is 7.14. The van der Waals surface area contributed by atoms with Gasteiger partial charge in [-0.15, -0.1) is 10.2 Å². The second kappa shape index (κ2) is 5.54. The van der Waals surface area contributed by atoms with Crippen molar-refractivity contribution in [3.8, 4) is 10.6 Å². The van der Waals surface area contributed by atoms with Gasteiger partial charge in [-0.3, -0.25) is 0 Å². The molecule has 1 unspecified atom stereocenters. The summed E-state index contributed by atoms with van der Waals surface area (Å²) in [5.41, 5.74) is 1.68. The summed E-state index contributed by atoms with van der Waals surface area (Å²) in [5, 5.41) is 13.2. The first-order valence-corrected chi connectivity index (χ1v) is 6.74. The molecule has 18 heavy (non-hydrogen) atoms. The fraction of sp³-hybridized carbons (Fsp3) is 0.385. The number of nitrogens with zero attached hydrogens (tertiary/aromatic N) is 2. The molecule has 0 aliphatic rings. The van der Waals surface area contributed by atoms with E-state index in [-0.39, 0.29) is 11.9 Å². The van der Waals surface area contributed by atoms with Crippen LogP contribution in [0.25, 0.3) is 10.6 Å². The van der Waals surface area contributed by atoms with Gasteiger partial charge < -0.3 is 5.32 Å². The highest BCUT2D eigenvalue weighted by Crippen LogP contribution is 2.28. The predicted molar refractivity (Wildman–Crippen MR) is 72.1 cm³/mol. The summed E-state index contributed by atoms with van der Waals surface area (Å²) >= 11 is 1.51. The predicted octanol–water partition coefficient (Wildman–Crippen LogP) is 3.32. The summed E-state index contributed by atoms with van der Waals surface area (Å²) < 4.78 is 13.4. The third-order valence-electron chi connectivity index (χ3n) is 2.78. The van der Waals surface area contributed by atoms with Crippen LogP contribution in [0.5, 0.6) is 0 Å². The van der Waals surface area contributed by atoms with Gasteiger partial charge in [0.15, 0.2) is 0 Å². The van der Waals surface area contributed by atoms with Crippen LogP contribution in [-0.4, -0.2) is 17.2 Å². The molecule has 0 saturated heterocycles. The lowest BCUT2D eigenvalue weighted by molar-refractivity contribution is 0.568. The van der Waals surface area contributed by atoms with Gasteiger partial charge in [0.05, 0.1) is 6.04 Å². The molecular weight excluding hydrogens is 249 g/mol. The molecule has 0 spiro atoms. The van der Waals surface area contributed by atoms with Crippen molar-refractivity contribution in [1.29, 1.82) is 0 Å². The molecule has 5 heteroatoms. The summed E-state index contributed by atoms with van der Waals surface area (Å²) in [7, 11) is 1.90. The molecule has 96 valence electrons. The Kier molecular flexibility index (Phi) is 4.04. The van der Waals surface area contributed by atoms with Crippen LogP contribution < -0.4 is 5.32 Å². The van der Waals surface area contributed by atoms with Crippen LogP contribution in [0.15, 0.2) is 18.2 Å². The number of benzene rings is 1. The van der Waals surface area contributed by atoms with Crippen LogP contribution in [-0.2, 0) is 0 Å². The minimum absolute atomic E-state index is 0.214. The van der Waals surface area contributed by atoms with Crippen LogP contribution in [0, 0.1) is 12.7 Å². The zero-order chi connectivity index (χ0) is 13.1. The quantitative estimate of drug-likeness (QED) is 0.921. The second-order valence-corrected chi connectivity index (χ2v) is 5.22. The first-order valence-electron chi connectivity index (χ1n) is 5.92. The van der Waals surface area contributed by atoms with Crippen LogP contribution in [0.1, 0.15) is 30.0 Å². The van der Waals surface area contributed by atoms with Crippen molar-refractivity contribution >= 4 is 11.3 Å². The molecule has 0 bridgehead atoms. The highest BCUT2D eigenvalue weighted by atomic mass is 32.1. The minimum Gasteiger partial charge on any atom is -0.311 e. The number of nitrogens with one attached hydrogen (secondary N) is 1. The van der Waals surface area contributed by atoms with Gasteiger partial charge in [-0.25, -0.2) is 4.39 Å². The third-order valence-corrected chi connectivity index (χ3v) is 3.87. The molecule has 2 aromatic rings. The van der Waals surface area contributed by atoms with E-state index in [0.29, 0.717) is 0 Å². The van der Waals surface area contributed by atoms with Crippen molar-refractivity contribution in [2.75, 3.05) is 7.05 Å². The Morgan fingerprint density at radius 2 is 2.11 bits per heavy atom. The minimum atomic E-state index is -0.234. The fourth-order valence-electron chi connectivity index (χ4n) is 1.85. The first-order chi connectivity index (χ1) is 8.63. The molecule has 1 heterocycles. The lowest BCUT2D eigenvalue weighted by Gasteiger charge is -2.08. The Hall–Kier alpha value is -1.33. The molecule has 0 radical (unpaired) electrons. The number of rotatable bonds is 4. The van der Waals surface area contributed by atoms with E-state index in [4.69, 9.17) is 0 Å². The molecule has 1 N–H and O–H groups in total. The van der Waals surface area contributed by atoms with E-state index in [1.54, 1.807) is 0 Å². The summed E-state index contributed by atoms with van der Waals surface area (Å²) in [5.74, 6) is -0.234. The van der Waals surface area contributed by atoms with Crippen molar-refractivity contribution in [2.24, 2.45) is 0 Å². The maximum absolute atomic E-state index is 13.4. The van der Waals surface area contributed by atoms with Gasteiger partial charge in [-0.2, -0.15) is 0 Å². The summed E-state index contributed by atoms with van der Waals surface area (Å²) in [6.45, 7) is 3.96. The Balaban J connectivity index is 2.34. The van der Waals surface area contributed by atoms with Crippen LogP contribution in [0.4, 0.5) is 4.39 Å². The van der Waals surface area contributed by atoms with Gasteiger partial charge in [0.1, 0.15) is 15.8 Å². The van der Waals surface area contributed by atoms with Crippen molar-refractivity contribution in [3.63, 3.8) is 0 Å². The summed E-state index contributed by atoms with van der Waals surface area (Å²) in [4.78, 5) is 0. The summed E-state index contributed by atoms with van der Waals surface area (Å²) in [6, 6.07) is 5.14. The third kappa shape index (κ3) is 2.73. The topological polar surface area (TPSA) is 37.8 Å². The zero-order valence-electron chi connectivity index (χ0n) is 10.7. The van der Waals surface area contributed by atoms with Gasteiger partial charge in [0.25, 0.3) is 0 Å². The van der Waals surface area contributed by atoms with Crippen molar-refractivity contribution in [3.05, 3.63) is 34.6 Å². The maximum Gasteiger partial charge on any atom is 0.147 e. The number of hydrogen-bond donors (Lipinski definition) is 1. The molecule has 0 aliphatic heterocycles. The smallest absolute Gasteiger partial charge is 0.147 e. The van der Waals surface area contributed by atoms with Crippen LogP contribution >= 0.6 is 11.3 Å². The van der Waals surface area contributed by atoms with Gasteiger partial charge >= 0.3 is 0 Å². The summed E-state index contributed by atoms with van der Waals surface area (Å²) in [6.07, 6.45) is 0.952. The molecular formula is C13H16FN3S. The Morgan fingerprint density at radius 3 is 2.72 bits per heavy atom. The van der Waals surface area contributed by atoms with Crippen LogP contribution in [0.3, 0.4) is 0 Å². The maximum atomic E-state index is 13.4. The van der Waals surface area contributed by atoms with Crippen molar-refractivity contribution in [1.82, 2.24) is 15.5 Å². The molecule has 0 saturated carbocycles. The fourth-order valence-corrected chi connectivity index (χ4v) is 2.88. The van der Waals surface area contributed by atoms with E-state index >= 15 is 0 Å². The van der Waals surface area contributed by atoms with E-state index in [2.05, 4.69) is 22.4 Å². The lowest BCUT2D eigenvalue weighted by Crippen LogP contribution is -2.14. The SMILES string of the molecule is CCC(NC)c1nnc(-c2cc(C)cc(F)c2)s1. The first kappa shape index (κ1) is 13.1.